The molecule has 2 aromatic rings. The molecule has 0 saturated carbocycles. The van der Waals surface area contributed by atoms with Crippen LogP contribution in [-0.4, -0.2) is 16.5 Å². The smallest absolute Gasteiger partial charge is 0.225 e. The third-order valence-electron chi connectivity index (χ3n) is 2.69. The van der Waals surface area contributed by atoms with Gasteiger partial charge in [0.2, 0.25) is 5.28 Å². The monoisotopic (exact) mass is 279 g/mol. The van der Waals surface area contributed by atoms with Crippen LogP contribution in [0.5, 0.6) is 0 Å². The maximum absolute atomic E-state index is 14.3. The van der Waals surface area contributed by atoms with Crippen LogP contribution in [0.3, 0.4) is 0 Å². The predicted molar refractivity (Wildman–Crippen MR) is 75.8 cm³/mol. The van der Waals surface area contributed by atoms with Crippen LogP contribution < -0.4 is 5.32 Å². The highest BCUT2D eigenvalue weighted by Crippen LogP contribution is 2.26. The fourth-order valence-corrected chi connectivity index (χ4v) is 1.88. The fraction of sp³-hybridized carbons (Fsp3) is 0.286. The molecule has 1 N–H and O–H groups in total. The molecule has 19 heavy (non-hydrogen) atoms. The largest absolute Gasteiger partial charge is 0.367 e. The Hall–Kier alpha value is -1.68. The standard InChI is InChI=1S/C14H15ClFN3/c1-2-3-9-17-13-11(16)12(18-14(15)19-13)10-7-5-4-6-8-10/h4-8H,2-3,9H2,1H3,(H,17,18,19). The molecule has 1 heterocycles. The van der Waals surface area contributed by atoms with Crippen molar-refractivity contribution in [3.63, 3.8) is 0 Å². The normalized spacial score (nSPS) is 10.5. The molecule has 1 aromatic heterocycles. The maximum Gasteiger partial charge on any atom is 0.225 e. The number of unbranched alkanes of at least 4 members (excludes halogenated alkanes) is 1. The number of halogens is 2. The van der Waals surface area contributed by atoms with Gasteiger partial charge in [-0.1, -0.05) is 43.7 Å². The second-order valence-corrected chi connectivity index (χ2v) is 4.49. The topological polar surface area (TPSA) is 37.8 Å². The lowest BCUT2D eigenvalue weighted by atomic mass is 10.1. The van der Waals surface area contributed by atoms with Gasteiger partial charge in [-0.2, -0.15) is 4.98 Å². The van der Waals surface area contributed by atoms with Crippen molar-refractivity contribution >= 4 is 17.4 Å². The molecule has 0 aliphatic rings. The van der Waals surface area contributed by atoms with Gasteiger partial charge in [0, 0.05) is 12.1 Å². The summed E-state index contributed by atoms with van der Waals surface area (Å²) in [6, 6.07) is 9.10. The summed E-state index contributed by atoms with van der Waals surface area (Å²) in [4.78, 5) is 7.87. The van der Waals surface area contributed by atoms with Crippen molar-refractivity contribution in [3.8, 4) is 11.3 Å². The van der Waals surface area contributed by atoms with Crippen LogP contribution in [0.25, 0.3) is 11.3 Å². The van der Waals surface area contributed by atoms with Crippen LogP contribution in [-0.2, 0) is 0 Å². The minimum absolute atomic E-state index is 0.0410. The van der Waals surface area contributed by atoms with Crippen LogP contribution in [0.1, 0.15) is 19.8 Å². The minimum Gasteiger partial charge on any atom is -0.367 e. The summed E-state index contributed by atoms with van der Waals surface area (Å²) in [7, 11) is 0. The molecule has 3 nitrogen and oxygen atoms in total. The van der Waals surface area contributed by atoms with E-state index in [0.717, 1.165) is 12.8 Å². The van der Waals surface area contributed by atoms with Crippen LogP contribution in [0.2, 0.25) is 5.28 Å². The number of anilines is 1. The molecule has 0 aliphatic heterocycles. The van der Waals surface area contributed by atoms with Crippen LogP contribution >= 0.6 is 11.6 Å². The van der Waals surface area contributed by atoms with Gasteiger partial charge in [-0.15, -0.1) is 0 Å². The lowest BCUT2D eigenvalue weighted by Crippen LogP contribution is -2.07. The molecule has 0 spiro atoms. The Morgan fingerprint density at radius 3 is 2.63 bits per heavy atom. The van der Waals surface area contributed by atoms with Crippen LogP contribution in [0, 0.1) is 5.82 Å². The average Bonchev–Trinajstić information content (AvgIpc) is 2.43. The Labute approximate surface area is 116 Å². The van der Waals surface area contributed by atoms with E-state index in [0.29, 0.717) is 12.1 Å². The first-order valence-electron chi connectivity index (χ1n) is 6.24. The molecule has 1 aromatic carbocycles. The Morgan fingerprint density at radius 1 is 1.21 bits per heavy atom. The number of benzene rings is 1. The van der Waals surface area contributed by atoms with E-state index in [4.69, 9.17) is 11.6 Å². The number of nitrogens with zero attached hydrogens (tertiary/aromatic N) is 2. The maximum atomic E-state index is 14.3. The number of aromatic nitrogens is 2. The predicted octanol–water partition coefficient (Wildman–Crippen LogP) is 4.15. The molecule has 100 valence electrons. The lowest BCUT2D eigenvalue weighted by Gasteiger charge is -2.09. The van der Waals surface area contributed by atoms with E-state index in [1.165, 1.54) is 0 Å². The van der Waals surface area contributed by atoms with Gasteiger partial charge in [0.1, 0.15) is 5.69 Å². The quantitative estimate of drug-likeness (QED) is 0.660. The highest BCUT2D eigenvalue weighted by atomic mass is 35.5. The summed E-state index contributed by atoms with van der Waals surface area (Å²) in [5, 5.41) is 3.00. The van der Waals surface area contributed by atoms with Crippen LogP contribution in [0.4, 0.5) is 10.2 Å². The van der Waals surface area contributed by atoms with E-state index in [-0.39, 0.29) is 16.8 Å². The van der Waals surface area contributed by atoms with Crippen molar-refractivity contribution in [1.29, 1.82) is 0 Å². The van der Waals surface area contributed by atoms with Gasteiger partial charge in [0.25, 0.3) is 0 Å². The number of hydrogen-bond donors (Lipinski definition) is 1. The molecular weight excluding hydrogens is 265 g/mol. The first-order valence-corrected chi connectivity index (χ1v) is 6.62. The molecule has 0 bridgehead atoms. The second kappa shape index (κ2) is 6.48. The first-order chi connectivity index (χ1) is 9.22. The van der Waals surface area contributed by atoms with Gasteiger partial charge in [-0.3, -0.25) is 0 Å². The molecule has 0 aliphatic carbocycles. The molecule has 0 unspecified atom stereocenters. The van der Waals surface area contributed by atoms with Crippen molar-refractivity contribution < 1.29 is 4.39 Å². The van der Waals surface area contributed by atoms with E-state index >= 15 is 0 Å². The summed E-state index contributed by atoms with van der Waals surface area (Å²) in [6.07, 6.45) is 1.97. The summed E-state index contributed by atoms with van der Waals surface area (Å²) in [6.45, 7) is 2.73. The molecule has 0 atom stereocenters. The summed E-state index contributed by atoms with van der Waals surface area (Å²) >= 11 is 5.86. The van der Waals surface area contributed by atoms with E-state index in [9.17, 15) is 4.39 Å². The van der Waals surface area contributed by atoms with E-state index in [1.54, 1.807) is 12.1 Å². The first kappa shape index (κ1) is 13.7. The zero-order valence-electron chi connectivity index (χ0n) is 10.7. The molecule has 0 radical (unpaired) electrons. The minimum atomic E-state index is -0.466. The van der Waals surface area contributed by atoms with E-state index in [2.05, 4.69) is 22.2 Å². The highest BCUT2D eigenvalue weighted by molar-refractivity contribution is 6.28. The lowest BCUT2D eigenvalue weighted by molar-refractivity contribution is 0.620. The average molecular weight is 280 g/mol. The molecule has 0 amide bonds. The SMILES string of the molecule is CCCCNc1nc(Cl)nc(-c2ccccc2)c1F. The summed E-state index contributed by atoms with van der Waals surface area (Å²) in [5.74, 6) is -0.306. The van der Waals surface area contributed by atoms with Gasteiger partial charge in [0.15, 0.2) is 11.6 Å². The molecule has 0 fully saturated rings. The molecule has 5 heteroatoms. The zero-order valence-corrected chi connectivity index (χ0v) is 11.4. The Morgan fingerprint density at radius 2 is 1.95 bits per heavy atom. The van der Waals surface area contributed by atoms with Gasteiger partial charge < -0.3 is 5.32 Å². The summed E-state index contributed by atoms with van der Waals surface area (Å²) in [5.41, 5.74) is 0.905. The van der Waals surface area contributed by atoms with Gasteiger partial charge in [0.05, 0.1) is 0 Å². The molecular formula is C14H15ClFN3. The van der Waals surface area contributed by atoms with Gasteiger partial charge >= 0.3 is 0 Å². The summed E-state index contributed by atoms with van der Waals surface area (Å²) < 4.78 is 14.3. The molecule has 0 saturated heterocycles. The molecule has 2 rings (SSSR count). The number of nitrogens with one attached hydrogen (secondary N) is 1. The van der Waals surface area contributed by atoms with Gasteiger partial charge in [-0.05, 0) is 18.0 Å². The van der Waals surface area contributed by atoms with Crippen molar-refractivity contribution in [2.24, 2.45) is 0 Å². The zero-order chi connectivity index (χ0) is 13.7. The second-order valence-electron chi connectivity index (χ2n) is 4.15. The number of rotatable bonds is 5. The van der Waals surface area contributed by atoms with E-state index < -0.39 is 5.82 Å². The Bertz CT molecular complexity index is 546. The van der Waals surface area contributed by atoms with Crippen LogP contribution in [0.15, 0.2) is 30.3 Å². The third-order valence-corrected chi connectivity index (χ3v) is 2.86. The highest BCUT2D eigenvalue weighted by Gasteiger charge is 2.14. The van der Waals surface area contributed by atoms with Crippen molar-refractivity contribution in [2.75, 3.05) is 11.9 Å². The fourth-order valence-electron chi connectivity index (χ4n) is 1.71. The third kappa shape index (κ3) is 3.41. The Kier molecular flexibility index (Phi) is 4.68. The van der Waals surface area contributed by atoms with Crippen molar-refractivity contribution in [3.05, 3.63) is 41.4 Å². The number of hydrogen-bond acceptors (Lipinski definition) is 3. The van der Waals surface area contributed by atoms with Crippen molar-refractivity contribution in [2.45, 2.75) is 19.8 Å². The van der Waals surface area contributed by atoms with E-state index in [1.807, 2.05) is 18.2 Å². The van der Waals surface area contributed by atoms with Crippen molar-refractivity contribution in [1.82, 2.24) is 9.97 Å². The van der Waals surface area contributed by atoms with Gasteiger partial charge in [-0.25, -0.2) is 9.37 Å². The Balaban J connectivity index is 2.34.